The summed E-state index contributed by atoms with van der Waals surface area (Å²) in [4.78, 5) is 15.3. The highest BCUT2D eigenvalue weighted by atomic mass is 19.4. The molecule has 3 rings (SSSR count). The molecule has 134 valence electrons. The summed E-state index contributed by atoms with van der Waals surface area (Å²) in [6, 6.07) is 5.18. The van der Waals surface area contributed by atoms with Crippen LogP contribution in [0.4, 0.5) is 13.2 Å². The summed E-state index contributed by atoms with van der Waals surface area (Å²) in [5, 5.41) is 5.12. The molecule has 0 aliphatic carbocycles. The van der Waals surface area contributed by atoms with E-state index in [1.807, 2.05) is 25.2 Å². The van der Waals surface area contributed by atoms with E-state index < -0.39 is 6.36 Å². The molecule has 1 aromatic carbocycles. The quantitative estimate of drug-likeness (QED) is 0.789. The molecule has 1 aliphatic heterocycles. The first-order valence-corrected chi connectivity index (χ1v) is 7.57. The first-order valence-electron chi connectivity index (χ1n) is 7.57. The Morgan fingerprint density at radius 2 is 2.12 bits per heavy atom. The van der Waals surface area contributed by atoms with Gasteiger partial charge in [-0.15, -0.1) is 13.2 Å². The van der Waals surface area contributed by atoms with Gasteiger partial charge in [0, 0.05) is 30.7 Å². The van der Waals surface area contributed by atoms with Gasteiger partial charge in [-0.05, 0) is 36.8 Å². The zero-order valence-electron chi connectivity index (χ0n) is 13.6. The van der Waals surface area contributed by atoms with Crippen LogP contribution in [0, 0.1) is 0 Å². The number of hydrogen-bond donors (Lipinski definition) is 3. The normalized spacial score (nSPS) is 16.0. The Bertz CT molecular complexity index is 828. The van der Waals surface area contributed by atoms with Gasteiger partial charge in [-0.3, -0.25) is 4.79 Å². The highest BCUT2D eigenvalue weighted by molar-refractivity contribution is 5.98. The molecule has 0 saturated heterocycles. The number of fused-ring (bicyclic) bond motifs is 1. The van der Waals surface area contributed by atoms with Crippen molar-refractivity contribution < 1.29 is 22.7 Å². The molecule has 1 atom stereocenters. The molecule has 1 aliphatic rings. The number of nitrogens with one attached hydrogen (secondary N) is 3. The second kappa shape index (κ2) is 6.32. The summed E-state index contributed by atoms with van der Waals surface area (Å²) >= 11 is 0. The standard InChI is InChI=1S/C16H17F3N4O2/c1-9(11-7-20-23(2)8-11)21-15(24)14-6-10-5-12(25-16(17,18)19)3-4-13(10)22-14/h3-6,8-9,20,22H,7H2,1-2H3,(H,21,24). The number of hydrogen-bond acceptors (Lipinski definition) is 4. The van der Waals surface area contributed by atoms with Crippen LogP contribution in [0.5, 0.6) is 5.75 Å². The number of ether oxygens (including phenoxy) is 1. The van der Waals surface area contributed by atoms with Gasteiger partial charge in [-0.1, -0.05) is 0 Å². The van der Waals surface area contributed by atoms with E-state index in [0.29, 0.717) is 17.4 Å². The first kappa shape index (κ1) is 17.2. The maximum atomic E-state index is 12.4. The van der Waals surface area contributed by atoms with Crippen LogP contribution in [0.25, 0.3) is 10.9 Å². The van der Waals surface area contributed by atoms with E-state index in [4.69, 9.17) is 0 Å². The summed E-state index contributed by atoms with van der Waals surface area (Å²) in [7, 11) is 1.86. The molecule has 2 aromatic rings. The van der Waals surface area contributed by atoms with E-state index in [0.717, 1.165) is 5.57 Å². The largest absolute Gasteiger partial charge is 0.573 e. The van der Waals surface area contributed by atoms with Crippen LogP contribution in [0.3, 0.4) is 0 Å². The predicted molar refractivity (Wildman–Crippen MR) is 85.8 cm³/mol. The number of benzene rings is 1. The van der Waals surface area contributed by atoms with Gasteiger partial charge >= 0.3 is 6.36 Å². The minimum atomic E-state index is -4.75. The Kier molecular flexibility index (Phi) is 4.34. The monoisotopic (exact) mass is 354 g/mol. The highest BCUT2D eigenvalue weighted by Crippen LogP contribution is 2.27. The van der Waals surface area contributed by atoms with Crippen molar-refractivity contribution in [3.05, 3.63) is 41.7 Å². The van der Waals surface area contributed by atoms with Gasteiger partial charge in [0.15, 0.2) is 0 Å². The summed E-state index contributed by atoms with van der Waals surface area (Å²) in [5.74, 6) is -0.665. The number of amides is 1. The van der Waals surface area contributed by atoms with Crippen LogP contribution in [-0.4, -0.2) is 41.9 Å². The lowest BCUT2D eigenvalue weighted by Gasteiger charge is -2.13. The van der Waals surface area contributed by atoms with Crippen LogP contribution >= 0.6 is 0 Å². The van der Waals surface area contributed by atoms with Gasteiger partial charge in [0.1, 0.15) is 11.4 Å². The number of hydrazine groups is 1. The molecule has 3 N–H and O–H groups in total. The van der Waals surface area contributed by atoms with Crippen LogP contribution in [0.2, 0.25) is 0 Å². The number of carbonyl (C=O) groups excluding carboxylic acids is 1. The molecule has 0 saturated carbocycles. The van der Waals surface area contributed by atoms with Gasteiger partial charge < -0.3 is 20.0 Å². The summed E-state index contributed by atoms with van der Waals surface area (Å²) in [6.07, 6.45) is -2.85. The smallest absolute Gasteiger partial charge is 0.406 e. The number of aromatic nitrogens is 1. The number of carbonyl (C=O) groups is 1. The molecule has 25 heavy (non-hydrogen) atoms. The van der Waals surface area contributed by atoms with Crippen LogP contribution in [-0.2, 0) is 0 Å². The molecule has 0 spiro atoms. The second-order valence-electron chi connectivity index (χ2n) is 5.82. The zero-order valence-corrected chi connectivity index (χ0v) is 13.6. The number of nitrogens with zero attached hydrogens (tertiary/aromatic N) is 1. The van der Waals surface area contributed by atoms with Gasteiger partial charge in [-0.25, -0.2) is 5.43 Å². The van der Waals surface area contributed by atoms with Crippen LogP contribution in [0.15, 0.2) is 36.0 Å². The first-order chi connectivity index (χ1) is 11.7. The summed E-state index contributed by atoms with van der Waals surface area (Å²) in [6.45, 7) is 2.51. The maximum absolute atomic E-state index is 12.4. The van der Waals surface area contributed by atoms with Crippen LogP contribution in [0.1, 0.15) is 17.4 Å². The highest BCUT2D eigenvalue weighted by Gasteiger charge is 2.31. The van der Waals surface area contributed by atoms with Gasteiger partial charge in [-0.2, -0.15) is 0 Å². The Labute approximate surface area is 141 Å². The Morgan fingerprint density at radius 1 is 1.36 bits per heavy atom. The van der Waals surface area contributed by atoms with E-state index in [9.17, 15) is 18.0 Å². The number of H-pyrrole nitrogens is 1. The third-order valence-electron chi connectivity index (χ3n) is 3.87. The summed E-state index contributed by atoms with van der Waals surface area (Å²) < 4.78 is 40.7. The second-order valence-corrected chi connectivity index (χ2v) is 5.82. The summed E-state index contributed by atoms with van der Waals surface area (Å²) in [5.41, 5.74) is 4.93. The van der Waals surface area contributed by atoms with E-state index in [-0.39, 0.29) is 23.4 Å². The molecule has 0 radical (unpaired) electrons. The van der Waals surface area contributed by atoms with Crippen molar-refractivity contribution in [1.29, 1.82) is 0 Å². The molecule has 0 fully saturated rings. The minimum absolute atomic E-state index is 0.180. The zero-order chi connectivity index (χ0) is 18.2. The van der Waals surface area contributed by atoms with Crippen molar-refractivity contribution in [2.24, 2.45) is 0 Å². The lowest BCUT2D eigenvalue weighted by Crippen LogP contribution is -2.35. The average Bonchev–Trinajstić information content (AvgIpc) is 3.11. The molecule has 6 nitrogen and oxygen atoms in total. The van der Waals surface area contributed by atoms with Crippen molar-refractivity contribution in [1.82, 2.24) is 20.7 Å². The Hall–Kier alpha value is -2.68. The number of halogens is 3. The van der Waals surface area contributed by atoms with Crippen LogP contribution < -0.4 is 15.5 Å². The van der Waals surface area contributed by atoms with Gasteiger partial charge in [0.2, 0.25) is 0 Å². The van der Waals surface area contributed by atoms with Gasteiger partial charge in [0.25, 0.3) is 5.91 Å². The SMILES string of the molecule is CC(NC(=O)c1cc2cc(OC(F)(F)F)ccc2[nH]1)C1=CN(C)NC1. The van der Waals surface area contributed by atoms with Gasteiger partial charge in [0.05, 0.1) is 6.04 Å². The lowest BCUT2D eigenvalue weighted by molar-refractivity contribution is -0.274. The van der Waals surface area contributed by atoms with E-state index >= 15 is 0 Å². The number of aromatic amines is 1. The molecular weight excluding hydrogens is 337 g/mol. The Balaban J connectivity index is 1.74. The molecule has 9 heteroatoms. The molecule has 0 bridgehead atoms. The predicted octanol–water partition coefficient (Wildman–Crippen LogP) is 2.52. The van der Waals surface area contributed by atoms with Crippen molar-refractivity contribution in [3.8, 4) is 5.75 Å². The maximum Gasteiger partial charge on any atom is 0.573 e. The van der Waals surface area contributed by atoms with E-state index in [1.165, 1.54) is 24.3 Å². The fourth-order valence-corrected chi connectivity index (χ4v) is 2.62. The topological polar surface area (TPSA) is 69.4 Å². The third-order valence-corrected chi connectivity index (χ3v) is 3.87. The van der Waals surface area contributed by atoms with Crippen molar-refractivity contribution in [3.63, 3.8) is 0 Å². The van der Waals surface area contributed by atoms with E-state index in [1.54, 1.807) is 0 Å². The molecule has 1 aromatic heterocycles. The fraction of sp³-hybridized carbons (Fsp3) is 0.312. The number of rotatable bonds is 4. The number of alkyl halides is 3. The molecule has 1 amide bonds. The third kappa shape index (κ3) is 4.05. The van der Waals surface area contributed by atoms with Crippen molar-refractivity contribution in [2.45, 2.75) is 19.3 Å². The molecule has 1 unspecified atom stereocenters. The molecule has 2 heterocycles. The van der Waals surface area contributed by atoms with Crippen molar-refractivity contribution in [2.75, 3.05) is 13.6 Å². The average molecular weight is 354 g/mol. The Morgan fingerprint density at radius 3 is 2.76 bits per heavy atom. The van der Waals surface area contributed by atoms with Crippen molar-refractivity contribution >= 4 is 16.8 Å². The minimum Gasteiger partial charge on any atom is -0.406 e. The molecular formula is C16H17F3N4O2. The van der Waals surface area contributed by atoms with E-state index in [2.05, 4.69) is 20.5 Å². The fourth-order valence-electron chi connectivity index (χ4n) is 2.62. The lowest BCUT2D eigenvalue weighted by atomic mass is 10.1.